The molecule has 26 heavy (non-hydrogen) atoms. The molecule has 1 spiro atoms. The van der Waals surface area contributed by atoms with E-state index >= 15 is 0 Å². The van der Waals surface area contributed by atoms with Crippen molar-refractivity contribution in [2.24, 2.45) is 0 Å². The van der Waals surface area contributed by atoms with Crippen LogP contribution in [0.2, 0.25) is 0 Å². The number of hydrogen-bond acceptors (Lipinski definition) is 7. The van der Waals surface area contributed by atoms with Gasteiger partial charge in [0.15, 0.2) is 6.04 Å². The molecule has 0 aliphatic carbocycles. The Bertz CT molecular complexity index is 803. The van der Waals surface area contributed by atoms with Gasteiger partial charge in [-0.2, -0.15) is 0 Å². The molecule has 10 heteroatoms. The summed E-state index contributed by atoms with van der Waals surface area (Å²) in [6.45, 7) is 0.319. The second-order valence-electron chi connectivity index (χ2n) is 6.34. The van der Waals surface area contributed by atoms with Crippen LogP contribution in [0, 0.1) is 0 Å². The fourth-order valence-corrected chi connectivity index (χ4v) is 5.18. The number of hydrogen-bond donors (Lipinski definition) is 3. The summed E-state index contributed by atoms with van der Waals surface area (Å²) >= 11 is 1.10. The molecule has 4 rings (SSSR count). The third kappa shape index (κ3) is 2.26. The zero-order chi connectivity index (χ0) is 18.6. The lowest BCUT2D eigenvalue weighted by Gasteiger charge is -2.39. The molecule has 3 atom stereocenters. The molecular weight excluding hydrogens is 364 g/mol. The fourth-order valence-electron chi connectivity index (χ4n) is 3.50. The first-order valence-electron chi connectivity index (χ1n) is 7.80. The number of ether oxygens (including phenoxy) is 1. The zero-order valence-corrected chi connectivity index (χ0v) is 14.1. The molecule has 0 aromatic heterocycles. The molecule has 1 aromatic rings. The van der Waals surface area contributed by atoms with Crippen molar-refractivity contribution in [2.75, 3.05) is 13.2 Å². The number of carbonyl (C=O) groups is 4. The molecule has 3 N–H and O–H groups in total. The summed E-state index contributed by atoms with van der Waals surface area (Å²) in [7, 11) is 0. The Morgan fingerprint density at radius 3 is 2.15 bits per heavy atom. The summed E-state index contributed by atoms with van der Waals surface area (Å²) < 4.78 is 4.33. The summed E-state index contributed by atoms with van der Waals surface area (Å²) in [4.78, 5) is 49.5. The van der Waals surface area contributed by atoms with Crippen molar-refractivity contribution in [1.82, 2.24) is 10.2 Å². The molecule has 3 heterocycles. The lowest BCUT2D eigenvalue weighted by atomic mass is 9.97. The van der Waals surface area contributed by atoms with Gasteiger partial charge in [-0.3, -0.25) is 24.6 Å². The zero-order valence-electron chi connectivity index (χ0n) is 13.2. The molecule has 2 saturated heterocycles. The highest BCUT2D eigenvalue weighted by Crippen LogP contribution is 2.46. The summed E-state index contributed by atoms with van der Waals surface area (Å²) in [6, 6.07) is 3.55. The minimum absolute atomic E-state index is 0.142. The molecule has 9 nitrogen and oxygen atoms in total. The first kappa shape index (κ1) is 17.0. The van der Waals surface area contributed by atoms with Gasteiger partial charge in [0, 0.05) is 0 Å². The first-order valence-corrected chi connectivity index (χ1v) is 8.68. The number of aliphatic carboxylic acids is 2. The van der Waals surface area contributed by atoms with Crippen molar-refractivity contribution in [3.05, 3.63) is 35.4 Å². The Hall–Kier alpha value is -2.43. The van der Waals surface area contributed by atoms with E-state index < -0.39 is 46.0 Å². The molecule has 0 radical (unpaired) electrons. The van der Waals surface area contributed by atoms with Crippen LogP contribution in [-0.4, -0.2) is 74.3 Å². The quantitative estimate of drug-likeness (QED) is 0.600. The molecule has 0 saturated carbocycles. The third-order valence-electron chi connectivity index (χ3n) is 4.80. The van der Waals surface area contributed by atoms with Crippen molar-refractivity contribution in [1.29, 1.82) is 0 Å². The van der Waals surface area contributed by atoms with Crippen LogP contribution in [0.3, 0.4) is 0 Å². The van der Waals surface area contributed by atoms with Gasteiger partial charge in [0.05, 0.1) is 34.5 Å². The number of thioether (sulfide) groups is 1. The van der Waals surface area contributed by atoms with Crippen molar-refractivity contribution < 1.29 is 34.1 Å². The number of nitrogens with zero attached hydrogens (tertiary/aromatic N) is 1. The number of benzene rings is 1. The van der Waals surface area contributed by atoms with Gasteiger partial charge in [-0.1, -0.05) is 12.1 Å². The normalized spacial score (nSPS) is 27.3. The summed E-state index contributed by atoms with van der Waals surface area (Å²) in [5, 5.41) is 21.0. The third-order valence-corrected chi connectivity index (χ3v) is 6.39. The summed E-state index contributed by atoms with van der Waals surface area (Å²) in [5.41, 5.74) is 0.284. The summed E-state index contributed by atoms with van der Waals surface area (Å²) in [5.74, 6) is -3.91. The predicted molar refractivity (Wildman–Crippen MR) is 87.9 cm³/mol. The second-order valence-corrected chi connectivity index (χ2v) is 7.90. The van der Waals surface area contributed by atoms with Crippen LogP contribution in [0.1, 0.15) is 20.7 Å². The highest BCUT2D eigenvalue weighted by Gasteiger charge is 2.60. The maximum absolute atomic E-state index is 12.6. The van der Waals surface area contributed by atoms with E-state index in [1.54, 1.807) is 12.1 Å². The van der Waals surface area contributed by atoms with Gasteiger partial charge in [0.1, 0.15) is 6.04 Å². The SMILES string of the molecule is O=C(O)C(C1NC(C(=O)O)C2(COC2)S1)N1C(=O)c2ccccc2C1=O. The number of imide groups is 1. The molecule has 3 unspecified atom stereocenters. The molecular formula is C16H14N2O7S. The van der Waals surface area contributed by atoms with E-state index in [0.29, 0.717) is 4.90 Å². The van der Waals surface area contributed by atoms with Crippen LogP contribution in [0.5, 0.6) is 0 Å². The minimum atomic E-state index is -1.53. The molecule has 0 bridgehead atoms. The molecule has 2 fully saturated rings. The smallest absolute Gasteiger partial charge is 0.329 e. The second kappa shape index (κ2) is 5.79. The maximum Gasteiger partial charge on any atom is 0.329 e. The van der Waals surface area contributed by atoms with Crippen LogP contribution in [0.4, 0.5) is 0 Å². The van der Waals surface area contributed by atoms with Gasteiger partial charge in [-0.05, 0) is 12.1 Å². The van der Waals surface area contributed by atoms with Crippen LogP contribution < -0.4 is 5.32 Å². The maximum atomic E-state index is 12.6. The van der Waals surface area contributed by atoms with E-state index in [2.05, 4.69) is 5.32 Å². The number of amides is 2. The van der Waals surface area contributed by atoms with Crippen molar-refractivity contribution in [3.63, 3.8) is 0 Å². The van der Waals surface area contributed by atoms with Gasteiger partial charge in [0.25, 0.3) is 11.8 Å². The van der Waals surface area contributed by atoms with E-state index in [-0.39, 0.29) is 24.3 Å². The Balaban J connectivity index is 1.68. The predicted octanol–water partition coefficient (Wildman–Crippen LogP) is -0.379. The highest BCUT2D eigenvalue weighted by atomic mass is 32.2. The fraction of sp³-hybridized carbons (Fsp3) is 0.375. The van der Waals surface area contributed by atoms with Gasteiger partial charge < -0.3 is 14.9 Å². The average Bonchev–Trinajstić information content (AvgIpc) is 3.08. The number of carboxylic acids is 2. The Morgan fingerprint density at radius 1 is 1.19 bits per heavy atom. The van der Waals surface area contributed by atoms with Crippen LogP contribution >= 0.6 is 11.8 Å². The molecule has 3 aliphatic heterocycles. The number of carbonyl (C=O) groups excluding carboxylic acids is 2. The molecule has 1 aromatic carbocycles. The first-order chi connectivity index (χ1) is 12.4. The van der Waals surface area contributed by atoms with E-state index in [9.17, 15) is 29.4 Å². The van der Waals surface area contributed by atoms with Crippen molar-refractivity contribution >= 4 is 35.5 Å². The summed E-state index contributed by atoms with van der Waals surface area (Å²) in [6.07, 6.45) is 0. The van der Waals surface area contributed by atoms with E-state index in [4.69, 9.17) is 4.74 Å². The standard InChI is InChI=1S/C16H14N2O7S/c19-12-7-3-1-2-4-8(7)13(20)18(12)9(14(21)22)11-17-10(15(23)24)16(26-11)5-25-6-16/h1-4,9-11,17H,5-6H2,(H,21,22)(H,23,24). The lowest BCUT2D eigenvalue weighted by molar-refractivity contribution is -0.146. The van der Waals surface area contributed by atoms with E-state index in [0.717, 1.165) is 11.8 Å². The van der Waals surface area contributed by atoms with Gasteiger partial charge in [0.2, 0.25) is 0 Å². The molecule has 3 aliphatic rings. The largest absolute Gasteiger partial charge is 0.480 e. The number of carboxylic acid groups (broad SMARTS) is 2. The monoisotopic (exact) mass is 378 g/mol. The van der Waals surface area contributed by atoms with Crippen LogP contribution in [-0.2, 0) is 14.3 Å². The van der Waals surface area contributed by atoms with Crippen molar-refractivity contribution in [2.45, 2.75) is 22.2 Å². The number of fused-ring (bicyclic) bond motifs is 1. The Labute approximate surface area is 151 Å². The molecule has 136 valence electrons. The number of nitrogens with one attached hydrogen (secondary N) is 1. The highest BCUT2D eigenvalue weighted by molar-refractivity contribution is 8.01. The minimum Gasteiger partial charge on any atom is -0.480 e. The van der Waals surface area contributed by atoms with Gasteiger partial charge in [-0.25, -0.2) is 4.79 Å². The molecule has 2 amide bonds. The van der Waals surface area contributed by atoms with Gasteiger partial charge >= 0.3 is 11.9 Å². The van der Waals surface area contributed by atoms with Crippen molar-refractivity contribution in [3.8, 4) is 0 Å². The van der Waals surface area contributed by atoms with E-state index in [1.807, 2.05) is 0 Å². The number of rotatable bonds is 4. The lowest BCUT2D eigenvalue weighted by Crippen LogP contribution is -2.59. The topological polar surface area (TPSA) is 133 Å². The average molecular weight is 378 g/mol. The Morgan fingerprint density at radius 2 is 1.77 bits per heavy atom. The van der Waals surface area contributed by atoms with Gasteiger partial charge in [-0.15, -0.1) is 11.8 Å². The Kier molecular flexibility index (Phi) is 3.79. The van der Waals surface area contributed by atoms with Crippen LogP contribution in [0.25, 0.3) is 0 Å². The van der Waals surface area contributed by atoms with E-state index in [1.165, 1.54) is 12.1 Å². The van der Waals surface area contributed by atoms with Crippen LogP contribution in [0.15, 0.2) is 24.3 Å².